The summed E-state index contributed by atoms with van der Waals surface area (Å²) in [6, 6.07) is 7.44. The number of aromatic amines is 1. The van der Waals surface area contributed by atoms with Gasteiger partial charge in [0, 0.05) is 63.1 Å². The molecule has 29 heavy (non-hydrogen) atoms. The number of methoxy groups -OCH3 is 1. The first kappa shape index (κ1) is 19.9. The lowest BCUT2D eigenvalue weighted by Gasteiger charge is -2.34. The van der Waals surface area contributed by atoms with Gasteiger partial charge in [0.15, 0.2) is 6.23 Å². The number of nitrogens with zero attached hydrogens (tertiary/aromatic N) is 2. The fourth-order valence-corrected chi connectivity index (χ4v) is 4.38. The molecule has 1 unspecified atom stereocenters. The second kappa shape index (κ2) is 8.13. The van der Waals surface area contributed by atoms with E-state index in [0.29, 0.717) is 23.7 Å². The quantitative estimate of drug-likeness (QED) is 0.808. The summed E-state index contributed by atoms with van der Waals surface area (Å²) in [6.07, 6.45) is 5.22. The average Bonchev–Trinajstić information content (AvgIpc) is 3.14. The molecule has 0 aliphatic carbocycles. The Kier molecular flexibility index (Phi) is 5.56. The largest absolute Gasteiger partial charge is 0.490 e. The van der Waals surface area contributed by atoms with E-state index in [4.69, 9.17) is 21.1 Å². The fraction of sp³-hybridized carbons (Fsp3) is 0.409. The molecular formula is C22H26ClN3O3. The molecule has 3 heterocycles. The van der Waals surface area contributed by atoms with E-state index in [1.54, 1.807) is 7.11 Å². The zero-order valence-corrected chi connectivity index (χ0v) is 17.7. The van der Waals surface area contributed by atoms with Gasteiger partial charge in [-0.25, -0.2) is 0 Å². The Morgan fingerprint density at radius 3 is 2.72 bits per heavy atom. The Bertz CT molecular complexity index is 931. The molecule has 1 amide bonds. The van der Waals surface area contributed by atoms with E-state index in [1.165, 1.54) is 0 Å². The third-order valence-electron chi connectivity index (χ3n) is 5.61. The van der Waals surface area contributed by atoms with Crippen molar-refractivity contribution in [1.29, 1.82) is 0 Å². The molecule has 2 aliphatic rings. The molecule has 1 fully saturated rings. The maximum absolute atomic E-state index is 13.3. The number of carbonyl (C=O) groups excluding carboxylic acids is 1. The lowest BCUT2D eigenvalue weighted by molar-refractivity contribution is 0.00352. The Hall–Kier alpha value is -2.44. The Balaban J connectivity index is 1.45. The molecule has 1 N–H and O–H groups in total. The third-order valence-corrected chi connectivity index (χ3v) is 5.85. The van der Waals surface area contributed by atoms with Crippen molar-refractivity contribution in [2.24, 2.45) is 0 Å². The smallest absolute Gasteiger partial charge is 0.255 e. The first-order chi connectivity index (χ1) is 14.0. The Labute approximate surface area is 176 Å². The van der Waals surface area contributed by atoms with Crippen molar-refractivity contribution < 1.29 is 14.3 Å². The molecule has 0 radical (unpaired) electrons. The molecule has 1 aromatic carbocycles. The highest BCUT2D eigenvalue weighted by Gasteiger charge is 2.33. The van der Waals surface area contributed by atoms with Crippen molar-refractivity contribution in [1.82, 2.24) is 14.8 Å². The number of carbonyl (C=O) groups is 1. The van der Waals surface area contributed by atoms with Gasteiger partial charge in [-0.15, -0.1) is 0 Å². The number of benzene rings is 1. The van der Waals surface area contributed by atoms with Crippen LogP contribution in [0.15, 0.2) is 36.7 Å². The number of amides is 1. The van der Waals surface area contributed by atoms with Gasteiger partial charge in [0.25, 0.3) is 5.91 Å². The lowest BCUT2D eigenvalue weighted by Crippen LogP contribution is -2.42. The van der Waals surface area contributed by atoms with Crippen LogP contribution in [0.2, 0.25) is 5.02 Å². The number of likely N-dealkylation sites (tertiary alicyclic amines) is 1. The molecule has 4 rings (SSSR count). The van der Waals surface area contributed by atoms with Crippen LogP contribution in [0, 0.1) is 0 Å². The highest BCUT2D eigenvalue weighted by atomic mass is 35.5. The molecule has 2 aliphatic heterocycles. The Morgan fingerprint density at radius 2 is 2.03 bits per heavy atom. The first-order valence-electron chi connectivity index (χ1n) is 9.84. The number of fused-ring (bicyclic) bond motifs is 1. The van der Waals surface area contributed by atoms with Crippen LogP contribution in [0.25, 0.3) is 5.57 Å². The van der Waals surface area contributed by atoms with Crippen LogP contribution >= 0.6 is 11.6 Å². The molecular weight excluding hydrogens is 390 g/mol. The van der Waals surface area contributed by atoms with Crippen LogP contribution in [0.4, 0.5) is 0 Å². The summed E-state index contributed by atoms with van der Waals surface area (Å²) in [5.74, 6) is 0.809. The molecule has 0 bridgehead atoms. The minimum Gasteiger partial charge on any atom is -0.490 e. The van der Waals surface area contributed by atoms with Crippen LogP contribution in [0.1, 0.15) is 47.6 Å². The fourth-order valence-electron chi connectivity index (χ4n) is 4.20. The molecule has 1 atom stereocenters. The molecule has 2 aromatic rings. The number of H-pyrrole nitrogens is 1. The van der Waals surface area contributed by atoms with Crippen LogP contribution in [0.3, 0.4) is 0 Å². The number of rotatable bonds is 4. The van der Waals surface area contributed by atoms with Gasteiger partial charge in [0.1, 0.15) is 11.9 Å². The maximum Gasteiger partial charge on any atom is 0.255 e. The number of halogens is 1. The maximum atomic E-state index is 13.3. The molecule has 0 saturated carbocycles. The molecule has 6 nitrogen and oxygen atoms in total. The summed E-state index contributed by atoms with van der Waals surface area (Å²) in [4.78, 5) is 20.4. The summed E-state index contributed by atoms with van der Waals surface area (Å²) < 4.78 is 11.7. The number of aromatic nitrogens is 1. The van der Waals surface area contributed by atoms with Gasteiger partial charge in [-0.2, -0.15) is 0 Å². The van der Waals surface area contributed by atoms with Crippen molar-refractivity contribution in [3.05, 3.63) is 58.5 Å². The van der Waals surface area contributed by atoms with Crippen molar-refractivity contribution >= 4 is 23.1 Å². The van der Waals surface area contributed by atoms with E-state index in [9.17, 15) is 4.79 Å². The van der Waals surface area contributed by atoms with Gasteiger partial charge in [-0.05, 0) is 30.7 Å². The number of hydrogen-bond acceptors (Lipinski definition) is 4. The van der Waals surface area contributed by atoms with Crippen molar-refractivity contribution in [3.8, 4) is 5.75 Å². The van der Waals surface area contributed by atoms with Crippen molar-refractivity contribution in [3.63, 3.8) is 0 Å². The molecule has 7 heteroatoms. The number of ether oxygens (including phenoxy) is 2. The number of hydrogen-bond donors (Lipinski definition) is 1. The normalized spacial score (nSPS) is 19.7. The lowest BCUT2D eigenvalue weighted by atomic mass is 9.99. The second-order valence-corrected chi connectivity index (χ2v) is 8.06. The summed E-state index contributed by atoms with van der Waals surface area (Å²) in [5, 5.41) is 0.661. The van der Waals surface area contributed by atoms with E-state index < -0.39 is 0 Å². The van der Waals surface area contributed by atoms with E-state index in [0.717, 1.165) is 35.4 Å². The first-order valence-corrected chi connectivity index (χ1v) is 10.2. The van der Waals surface area contributed by atoms with Gasteiger partial charge >= 0.3 is 0 Å². The van der Waals surface area contributed by atoms with E-state index >= 15 is 0 Å². The minimum absolute atomic E-state index is 0.0360. The summed E-state index contributed by atoms with van der Waals surface area (Å²) in [7, 11) is 3.62. The second-order valence-electron chi connectivity index (χ2n) is 7.62. The summed E-state index contributed by atoms with van der Waals surface area (Å²) in [6.45, 7) is 3.35. The van der Waals surface area contributed by atoms with Gasteiger partial charge in [-0.3, -0.25) is 4.79 Å². The van der Waals surface area contributed by atoms with Crippen LogP contribution in [-0.2, 0) is 4.74 Å². The van der Waals surface area contributed by atoms with Crippen LogP contribution in [0.5, 0.6) is 5.75 Å². The summed E-state index contributed by atoms with van der Waals surface area (Å²) >= 11 is 6.03. The molecule has 1 saturated heterocycles. The van der Waals surface area contributed by atoms with Gasteiger partial charge in [0.05, 0.1) is 11.3 Å². The van der Waals surface area contributed by atoms with Crippen molar-refractivity contribution in [2.45, 2.75) is 32.1 Å². The monoisotopic (exact) mass is 415 g/mol. The van der Waals surface area contributed by atoms with E-state index in [2.05, 4.69) is 4.98 Å². The SMILES string of the molecule is COC1c2c(C(=O)N3CCC(Oc4cccc(Cl)c4)CC3)c[nH]c2C(C)=CN1C. The highest BCUT2D eigenvalue weighted by Crippen LogP contribution is 2.36. The van der Waals surface area contributed by atoms with E-state index in [1.807, 2.05) is 60.4 Å². The van der Waals surface area contributed by atoms with Crippen LogP contribution < -0.4 is 4.74 Å². The molecule has 1 aromatic heterocycles. The predicted octanol–water partition coefficient (Wildman–Crippen LogP) is 4.30. The third kappa shape index (κ3) is 3.87. The number of piperidine rings is 1. The molecule has 0 spiro atoms. The highest BCUT2D eigenvalue weighted by molar-refractivity contribution is 6.30. The van der Waals surface area contributed by atoms with Gasteiger partial charge in [-0.1, -0.05) is 17.7 Å². The zero-order valence-electron chi connectivity index (χ0n) is 16.9. The topological polar surface area (TPSA) is 57.8 Å². The Morgan fingerprint density at radius 1 is 1.28 bits per heavy atom. The van der Waals surface area contributed by atoms with Gasteiger partial charge in [0.2, 0.25) is 0 Å². The van der Waals surface area contributed by atoms with Crippen LogP contribution in [-0.4, -0.2) is 54.0 Å². The number of allylic oxidation sites excluding steroid dienone is 1. The van der Waals surface area contributed by atoms with Gasteiger partial charge < -0.3 is 24.3 Å². The summed E-state index contributed by atoms with van der Waals surface area (Å²) in [5.41, 5.74) is 3.65. The van der Waals surface area contributed by atoms with Crippen molar-refractivity contribution in [2.75, 3.05) is 27.2 Å². The molecule has 154 valence electrons. The average molecular weight is 416 g/mol. The van der Waals surface area contributed by atoms with E-state index in [-0.39, 0.29) is 18.2 Å². The zero-order chi connectivity index (χ0) is 20.5. The standard InChI is InChI=1S/C22H26ClN3O3/c1-14-13-25(2)22(28-3)19-18(12-24-20(14)19)21(27)26-9-7-16(8-10-26)29-17-6-4-5-15(23)11-17/h4-6,11-13,16,22,24H,7-10H2,1-3H3. The predicted molar refractivity (Wildman–Crippen MR) is 113 cm³/mol. The number of nitrogens with one attached hydrogen (secondary N) is 1. The minimum atomic E-state index is -0.275.